The molecule has 0 bridgehead atoms. The molecule has 0 aromatic rings. The molecule has 1 N–H and O–H groups in total. The maximum Gasteiger partial charge on any atom is 0.147 e. The van der Waals surface area contributed by atoms with Gasteiger partial charge in [0.25, 0.3) is 0 Å². The molecular formula is C11H20O3S. The van der Waals surface area contributed by atoms with Crippen molar-refractivity contribution in [2.24, 2.45) is 5.92 Å². The van der Waals surface area contributed by atoms with Crippen molar-refractivity contribution >= 4 is 9.84 Å². The molecule has 1 aliphatic carbocycles. The largest absolute Gasteiger partial charge is 0.390 e. The molecule has 1 fully saturated rings. The second kappa shape index (κ2) is 4.66. The van der Waals surface area contributed by atoms with Gasteiger partial charge in [-0.3, -0.25) is 0 Å². The van der Waals surface area contributed by atoms with Crippen molar-refractivity contribution in [2.75, 3.05) is 12.0 Å². The van der Waals surface area contributed by atoms with Gasteiger partial charge in [0.15, 0.2) is 0 Å². The van der Waals surface area contributed by atoms with Gasteiger partial charge in [-0.25, -0.2) is 8.42 Å². The average molecular weight is 232 g/mol. The van der Waals surface area contributed by atoms with Gasteiger partial charge >= 0.3 is 0 Å². The van der Waals surface area contributed by atoms with Gasteiger partial charge in [0.05, 0.1) is 11.4 Å². The first-order chi connectivity index (χ1) is 6.85. The van der Waals surface area contributed by atoms with Crippen LogP contribution in [0.25, 0.3) is 0 Å². The molecule has 3 nitrogen and oxygen atoms in total. The third kappa shape index (κ3) is 4.34. The summed E-state index contributed by atoms with van der Waals surface area (Å²) in [7, 11) is -2.88. The molecule has 0 atom stereocenters. The summed E-state index contributed by atoms with van der Waals surface area (Å²) in [6.07, 6.45) is 6.61. The van der Waals surface area contributed by atoms with Crippen LogP contribution in [-0.2, 0) is 9.84 Å². The standard InChI is InChI=1S/C11H20O3S/c1-3-6-11(12)7-4-10(5-8-11)9-15(2,13)14/h3,10,12H,1,4-9H2,2H3. The Morgan fingerprint density at radius 1 is 1.47 bits per heavy atom. The van der Waals surface area contributed by atoms with Crippen LogP contribution in [0.3, 0.4) is 0 Å². The number of rotatable bonds is 4. The van der Waals surface area contributed by atoms with Crippen molar-refractivity contribution < 1.29 is 13.5 Å². The van der Waals surface area contributed by atoms with E-state index in [1.165, 1.54) is 6.26 Å². The van der Waals surface area contributed by atoms with Crippen molar-refractivity contribution in [1.29, 1.82) is 0 Å². The minimum Gasteiger partial charge on any atom is -0.390 e. The van der Waals surface area contributed by atoms with E-state index in [2.05, 4.69) is 6.58 Å². The zero-order chi connectivity index (χ0) is 11.5. The Morgan fingerprint density at radius 2 is 2.00 bits per heavy atom. The van der Waals surface area contributed by atoms with Crippen molar-refractivity contribution in [3.63, 3.8) is 0 Å². The van der Waals surface area contributed by atoms with Gasteiger partial charge in [-0.05, 0) is 38.0 Å². The highest BCUT2D eigenvalue weighted by Gasteiger charge is 2.32. The topological polar surface area (TPSA) is 54.4 Å². The lowest BCUT2D eigenvalue weighted by atomic mass is 9.78. The fourth-order valence-electron chi connectivity index (χ4n) is 2.28. The van der Waals surface area contributed by atoms with Gasteiger partial charge in [0.2, 0.25) is 0 Å². The molecule has 0 aliphatic heterocycles. The first kappa shape index (κ1) is 12.7. The molecule has 15 heavy (non-hydrogen) atoms. The Balaban J connectivity index is 2.45. The van der Waals surface area contributed by atoms with Crippen LogP contribution < -0.4 is 0 Å². The van der Waals surface area contributed by atoms with E-state index in [0.717, 1.165) is 12.8 Å². The summed E-state index contributed by atoms with van der Waals surface area (Å²) in [6.45, 7) is 3.62. The zero-order valence-electron chi connectivity index (χ0n) is 9.28. The molecule has 0 aromatic carbocycles. The van der Waals surface area contributed by atoms with E-state index in [1.54, 1.807) is 6.08 Å². The van der Waals surface area contributed by atoms with Gasteiger partial charge in [0, 0.05) is 6.26 Å². The number of sulfone groups is 1. The van der Waals surface area contributed by atoms with E-state index in [9.17, 15) is 13.5 Å². The predicted octanol–water partition coefficient (Wildman–Crippen LogP) is 1.53. The maximum atomic E-state index is 11.1. The molecule has 0 radical (unpaired) electrons. The van der Waals surface area contributed by atoms with E-state index in [1.807, 2.05) is 0 Å². The quantitative estimate of drug-likeness (QED) is 0.748. The molecule has 0 heterocycles. The Labute approximate surface area is 92.1 Å². The van der Waals surface area contributed by atoms with Crippen LogP contribution in [0.15, 0.2) is 12.7 Å². The molecule has 0 saturated heterocycles. The lowest BCUT2D eigenvalue weighted by molar-refractivity contribution is -0.00390. The highest BCUT2D eigenvalue weighted by atomic mass is 32.2. The maximum absolute atomic E-state index is 11.1. The SMILES string of the molecule is C=CCC1(O)CCC(CS(C)(=O)=O)CC1. The molecule has 1 rings (SSSR count). The van der Waals surface area contributed by atoms with E-state index in [0.29, 0.717) is 19.3 Å². The summed E-state index contributed by atoms with van der Waals surface area (Å²) in [5, 5.41) is 10.1. The first-order valence-corrected chi connectivity index (χ1v) is 7.42. The fraction of sp³-hybridized carbons (Fsp3) is 0.818. The third-order valence-electron chi connectivity index (χ3n) is 3.10. The van der Waals surface area contributed by atoms with Gasteiger partial charge in [-0.15, -0.1) is 6.58 Å². The molecule has 0 aromatic heterocycles. The van der Waals surface area contributed by atoms with E-state index < -0.39 is 15.4 Å². The molecule has 1 aliphatic rings. The third-order valence-corrected chi connectivity index (χ3v) is 4.18. The lowest BCUT2D eigenvalue weighted by Crippen LogP contribution is -2.35. The van der Waals surface area contributed by atoms with Crippen LogP contribution in [0.1, 0.15) is 32.1 Å². The lowest BCUT2D eigenvalue weighted by Gasteiger charge is -2.35. The molecule has 0 amide bonds. The van der Waals surface area contributed by atoms with Crippen molar-refractivity contribution in [3.8, 4) is 0 Å². The Hall–Kier alpha value is -0.350. The second-order valence-electron chi connectivity index (χ2n) is 4.75. The molecule has 1 saturated carbocycles. The van der Waals surface area contributed by atoms with Gasteiger partial charge in [0.1, 0.15) is 9.84 Å². The summed E-state index contributed by atoms with van der Waals surface area (Å²) >= 11 is 0. The van der Waals surface area contributed by atoms with E-state index in [4.69, 9.17) is 0 Å². The monoisotopic (exact) mass is 232 g/mol. The van der Waals surface area contributed by atoms with Crippen molar-refractivity contribution in [1.82, 2.24) is 0 Å². The Bertz CT molecular complexity index is 311. The van der Waals surface area contributed by atoms with Crippen LogP contribution >= 0.6 is 0 Å². The molecule has 4 heteroatoms. The summed E-state index contributed by atoms with van der Waals surface area (Å²) in [6, 6.07) is 0. The molecule has 0 spiro atoms. The minimum atomic E-state index is -2.88. The number of aliphatic hydroxyl groups is 1. The highest BCUT2D eigenvalue weighted by molar-refractivity contribution is 7.90. The molecule has 88 valence electrons. The van der Waals surface area contributed by atoms with Crippen LogP contribution in [0.2, 0.25) is 0 Å². The minimum absolute atomic E-state index is 0.227. The first-order valence-electron chi connectivity index (χ1n) is 5.36. The van der Waals surface area contributed by atoms with Crippen LogP contribution in [0, 0.1) is 5.92 Å². The summed E-state index contributed by atoms with van der Waals surface area (Å²) < 4.78 is 22.2. The number of hydrogen-bond acceptors (Lipinski definition) is 3. The molecular weight excluding hydrogens is 212 g/mol. The smallest absolute Gasteiger partial charge is 0.147 e. The normalized spacial score (nSPS) is 32.5. The van der Waals surface area contributed by atoms with E-state index >= 15 is 0 Å². The van der Waals surface area contributed by atoms with Crippen LogP contribution in [0.5, 0.6) is 0 Å². The number of hydrogen-bond donors (Lipinski definition) is 1. The fourth-order valence-corrected chi connectivity index (χ4v) is 3.47. The summed E-state index contributed by atoms with van der Waals surface area (Å²) in [5.74, 6) is 0.488. The van der Waals surface area contributed by atoms with Gasteiger partial charge in [-0.1, -0.05) is 6.08 Å². The summed E-state index contributed by atoms with van der Waals surface area (Å²) in [4.78, 5) is 0. The van der Waals surface area contributed by atoms with Crippen LogP contribution in [0.4, 0.5) is 0 Å². The molecule has 0 unspecified atom stereocenters. The average Bonchev–Trinajstić information content (AvgIpc) is 2.08. The predicted molar refractivity (Wildman–Crippen MR) is 61.4 cm³/mol. The highest BCUT2D eigenvalue weighted by Crippen LogP contribution is 2.34. The second-order valence-corrected chi connectivity index (χ2v) is 6.94. The van der Waals surface area contributed by atoms with Crippen LogP contribution in [-0.4, -0.2) is 31.1 Å². The van der Waals surface area contributed by atoms with Gasteiger partial charge in [-0.2, -0.15) is 0 Å². The van der Waals surface area contributed by atoms with Gasteiger partial charge < -0.3 is 5.11 Å². The van der Waals surface area contributed by atoms with Crippen molar-refractivity contribution in [3.05, 3.63) is 12.7 Å². The zero-order valence-corrected chi connectivity index (χ0v) is 10.1. The summed E-state index contributed by atoms with van der Waals surface area (Å²) in [5.41, 5.74) is -0.629. The van der Waals surface area contributed by atoms with E-state index in [-0.39, 0.29) is 11.7 Å². The Morgan fingerprint density at radius 3 is 2.40 bits per heavy atom. The Kier molecular flexibility index (Phi) is 3.95. The van der Waals surface area contributed by atoms with Crippen molar-refractivity contribution in [2.45, 2.75) is 37.7 Å².